The van der Waals surface area contributed by atoms with E-state index in [4.69, 9.17) is 9.47 Å². The summed E-state index contributed by atoms with van der Waals surface area (Å²) in [7, 11) is 0. The second-order valence-corrected chi connectivity index (χ2v) is 6.46. The summed E-state index contributed by atoms with van der Waals surface area (Å²) in [5.74, 6) is 1.83. The summed E-state index contributed by atoms with van der Waals surface area (Å²) in [6.07, 6.45) is 2.21. The zero-order valence-electron chi connectivity index (χ0n) is 15.9. The number of hydrogen-bond donors (Lipinski definition) is 1. The van der Waals surface area contributed by atoms with Crippen LogP contribution in [-0.2, 0) is 13.2 Å². The Labute approximate surface area is 162 Å². The van der Waals surface area contributed by atoms with Crippen molar-refractivity contribution in [2.24, 2.45) is 0 Å². The molecule has 140 valence electrons. The van der Waals surface area contributed by atoms with Crippen LogP contribution in [0, 0.1) is 0 Å². The molecule has 0 heterocycles. The molecule has 0 bridgehead atoms. The number of nitrogens with one attached hydrogen (secondary N) is 1. The van der Waals surface area contributed by atoms with Crippen molar-refractivity contribution in [2.75, 3.05) is 11.9 Å². The number of anilines is 1. The van der Waals surface area contributed by atoms with E-state index < -0.39 is 0 Å². The predicted molar refractivity (Wildman–Crippen MR) is 111 cm³/mol. The van der Waals surface area contributed by atoms with Gasteiger partial charge in [-0.1, -0.05) is 61.9 Å². The van der Waals surface area contributed by atoms with Crippen LogP contribution in [0.5, 0.6) is 11.5 Å². The molecule has 0 aliphatic carbocycles. The normalized spacial score (nSPS) is 10.4. The van der Waals surface area contributed by atoms with E-state index in [2.05, 4.69) is 30.4 Å². The first-order chi connectivity index (χ1) is 13.3. The molecule has 3 aromatic carbocycles. The number of ether oxygens (including phenoxy) is 2. The van der Waals surface area contributed by atoms with Crippen molar-refractivity contribution in [3.05, 3.63) is 90.0 Å². The molecule has 0 aliphatic heterocycles. The smallest absolute Gasteiger partial charge is 0.124 e. The van der Waals surface area contributed by atoms with Gasteiger partial charge in [0.15, 0.2) is 0 Å². The van der Waals surface area contributed by atoms with Gasteiger partial charge in [-0.2, -0.15) is 0 Å². The third kappa shape index (κ3) is 6.07. The molecular weight excluding hydrogens is 334 g/mol. The van der Waals surface area contributed by atoms with E-state index in [-0.39, 0.29) is 0 Å². The molecule has 0 fully saturated rings. The molecule has 0 amide bonds. The topological polar surface area (TPSA) is 30.5 Å². The van der Waals surface area contributed by atoms with Crippen LogP contribution in [0.1, 0.15) is 30.9 Å². The molecular formula is C24H27NO2. The zero-order valence-corrected chi connectivity index (χ0v) is 15.9. The molecule has 0 radical (unpaired) electrons. The molecule has 0 unspecified atom stereocenters. The first kappa shape index (κ1) is 18.8. The number of para-hydroxylation sites is 1. The van der Waals surface area contributed by atoms with Crippen LogP contribution in [0.15, 0.2) is 78.9 Å². The summed E-state index contributed by atoms with van der Waals surface area (Å²) in [5, 5.41) is 3.46. The lowest BCUT2D eigenvalue weighted by Crippen LogP contribution is -2.04. The van der Waals surface area contributed by atoms with Gasteiger partial charge in [-0.3, -0.25) is 0 Å². The maximum Gasteiger partial charge on any atom is 0.124 e. The van der Waals surface area contributed by atoms with E-state index >= 15 is 0 Å². The van der Waals surface area contributed by atoms with Gasteiger partial charge >= 0.3 is 0 Å². The molecule has 0 aliphatic rings. The summed E-state index contributed by atoms with van der Waals surface area (Å²) in [5.41, 5.74) is 3.39. The molecule has 27 heavy (non-hydrogen) atoms. The third-order valence-corrected chi connectivity index (χ3v) is 4.31. The lowest BCUT2D eigenvalue weighted by atomic mass is 10.2. The van der Waals surface area contributed by atoms with Gasteiger partial charge in [-0.25, -0.2) is 0 Å². The summed E-state index contributed by atoms with van der Waals surface area (Å²) in [6.45, 7) is 4.24. The molecule has 0 saturated heterocycles. The highest BCUT2D eigenvalue weighted by Gasteiger charge is 2.03. The predicted octanol–water partition coefficient (Wildman–Crippen LogP) is 6.06. The monoisotopic (exact) mass is 361 g/mol. The SMILES string of the molecule is CCCCOc1ccccc1CNc1ccc(OCc2ccccc2)cc1. The Morgan fingerprint density at radius 2 is 1.52 bits per heavy atom. The Morgan fingerprint density at radius 3 is 2.30 bits per heavy atom. The highest BCUT2D eigenvalue weighted by atomic mass is 16.5. The Morgan fingerprint density at radius 1 is 0.778 bits per heavy atom. The molecule has 3 aromatic rings. The van der Waals surface area contributed by atoms with Gasteiger partial charge in [0.2, 0.25) is 0 Å². The van der Waals surface area contributed by atoms with E-state index in [1.807, 2.05) is 60.7 Å². The van der Waals surface area contributed by atoms with Crippen molar-refractivity contribution in [3.63, 3.8) is 0 Å². The van der Waals surface area contributed by atoms with E-state index in [0.29, 0.717) is 6.61 Å². The van der Waals surface area contributed by atoms with E-state index in [1.165, 1.54) is 5.56 Å². The fraction of sp³-hybridized carbons (Fsp3) is 0.250. The quantitative estimate of drug-likeness (QED) is 0.445. The van der Waals surface area contributed by atoms with Crippen LogP contribution in [0.25, 0.3) is 0 Å². The van der Waals surface area contributed by atoms with Crippen LogP contribution in [0.4, 0.5) is 5.69 Å². The Balaban J connectivity index is 1.51. The van der Waals surface area contributed by atoms with Gasteiger partial charge in [0.25, 0.3) is 0 Å². The second-order valence-electron chi connectivity index (χ2n) is 6.46. The van der Waals surface area contributed by atoms with E-state index in [9.17, 15) is 0 Å². The third-order valence-electron chi connectivity index (χ3n) is 4.31. The molecule has 0 aromatic heterocycles. The average Bonchev–Trinajstić information content (AvgIpc) is 2.73. The fourth-order valence-corrected chi connectivity index (χ4v) is 2.72. The van der Waals surface area contributed by atoms with Crippen LogP contribution in [0.3, 0.4) is 0 Å². The second kappa shape index (κ2) is 10.3. The summed E-state index contributed by atoms with van der Waals surface area (Å²) in [6, 6.07) is 26.5. The maximum atomic E-state index is 5.90. The molecule has 3 rings (SSSR count). The summed E-state index contributed by atoms with van der Waals surface area (Å²) >= 11 is 0. The van der Waals surface area contributed by atoms with Gasteiger partial charge in [-0.15, -0.1) is 0 Å². The standard InChI is InChI=1S/C24H27NO2/c1-2-3-17-26-24-12-8-7-11-21(24)18-25-22-13-15-23(16-14-22)27-19-20-9-5-4-6-10-20/h4-16,25H,2-3,17-19H2,1H3. The van der Waals surface area contributed by atoms with Crippen molar-refractivity contribution in [1.82, 2.24) is 0 Å². The zero-order chi connectivity index (χ0) is 18.7. The molecule has 0 atom stereocenters. The van der Waals surface area contributed by atoms with E-state index in [0.717, 1.165) is 48.7 Å². The van der Waals surface area contributed by atoms with Crippen LogP contribution in [0.2, 0.25) is 0 Å². The molecule has 0 spiro atoms. The first-order valence-corrected chi connectivity index (χ1v) is 9.56. The lowest BCUT2D eigenvalue weighted by Gasteiger charge is -2.13. The summed E-state index contributed by atoms with van der Waals surface area (Å²) in [4.78, 5) is 0. The number of rotatable bonds is 10. The minimum Gasteiger partial charge on any atom is -0.493 e. The van der Waals surface area contributed by atoms with Crippen molar-refractivity contribution >= 4 is 5.69 Å². The van der Waals surface area contributed by atoms with Gasteiger partial charge in [0.1, 0.15) is 18.1 Å². The van der Waals surface area contributed by atoms with Crippen molar-refractivity contribution < 1.29 is 9.47 Å². The number of hydrogen-bond acceptors (Lipinski definition) is 3. The van der Waals surface area contributed by atoms with E-state index in [1.54, 1.807) is 0 Å². The van der Waals surface area contributed by atoms with Crippen LogP contribution in [-0.4, -0.2) is 6.61 Å². The van der Waals surface area contributed by atoms with Gasteiger partial charge in [-0.05, 0) is 42.3 Å². The van der Waals surface area contributed by atoms with Gasteiger partial charge < -0.3 is 14.8 Å². The average molecular weight is 361 g/mol. The molecule has 0 saturated carbocycles. The largest absolute Gasteiger partial charge is 0.493 e. The first-order valence-electron chi connectivity index (χ1n) is 9.56. The van der Waals surface area contributed by atoms with Crippen LogP contribution >= 0.6 is 0 Å². The summed E-state index contributed by atoms with van der Waals surface area (Å²) < 4.78 is 11.7. The Kier molecular flexibility index (Phi) is 7.16. The highest BCUT2D eigenvalue weighted by molar-refractivity contribution is 5.48. The van der Waals surface area contributed by atoms with Crippen molar-refractivity contribution in [3.8, 4) is 11.5 Å². The Hall–Kier alpha value is -2.94. The maximum absolute atomic E-state index is 5.90. The minimum atomic E-state index is 0.579. The molecule has 1 N–H and O–H groups in total. The van der Waals surface area contributed by atoms with Crippen LogP contribution < -0.4 is 14.8 Å². The Bertz CT molecular complexity index is 800. The van der Waals surface area contributed by atoms with Crippen molar-refractivity contribution in [1.29, 1.82) is 0 Å². The number of benzene rings is 3. The lowest BCUT2D eigenvalue weighted by molar-refractivity contribution is 0.306. The van der Waals surface area contributed by atoms with Gasteiger partial charge in [0.05, 0.1) is 6.61 Å². The number of unbranched alkanes of at least 4 members (excludes halogenated alkanes) is 1. The minimum absolute atomic E-state index is 0.579. The van der Waals surface area contributed by atoms with Gasteiger partial charge in [0, 0.05) is 17.8 Å². The highest BCUT2D eigenvalue weighted by Crippen LogP contribution is 2.21. The van der Waals surface area contributed by atoms with Crippen molar-refractivity contribution in [2.45, 2.75) is 32.9 Å². The molecule has 3 heteroatoms. The molecule has 3 nitrogen and oxygen atoms in total. The fourth-order valence-electron chi connectivity index (χ4n) is 2.72.